The van der Waals surface area contributed by atoms with Crippen LogP contribution in [0, 0.1) is 0 Å². The number of rotatable bonds is 5. The molecule has 124 valence electrons. The number of nitrogens with two attached hydrogens (primary N) is 1. The molecule has 0 radical (unpaired) electrons. The quantitative estimate of drug-likeness (QED) is 0.744. The predicted octanol–water partition coefficient (Wildman–Crippen LogP) is 2.62. The average molecular weight is 366 g/mol. The van der Waals surface area contributed by atoms with Crippen LogP contribution in [0.2, 0.25) is 5.02 Å². The van der Waals surface area contributed by atoms with Crippen LogP contribution >= 0.6 is 11.6 Å². The van der Waals surface area contributed by atoms with E-state index in [1.807, 2.05) is 0 Å². The Bertz CT molecular complexity index is 959. The second kappa shape index (κ2) is 6.60. The van der Waals surface area contributed by atoms with Gasteiger partial charge in [-0.3, -0.25) is 0 Å². The number of ether oxygens (including phenoxy) is 1. The van der Waals surface area contributed by atoms with Crippen molar-refractivity contribution in [3.63, 3.8) is 0 Å². The van der Waals surface area contributed by atoms with Gasteiger partial charge in [0, 0.05) is 10.6 Å². The molecule has 0 atom stereocenters. The molecule has 7 nitrogen and oxygen atoms in total. The van der Waals surface area contributed by atoms with Crippen molar-refractivity contribution in [1.82, 2.24) is 10.1 Å². The first-order chi connectivity index (χ1) is 11.4. The first kappa shape index (κ1) is 16.4. The van der Waals surface area contributed by atoms with Crippen molar-refractivity contribution in [3.05, 3.63) is 59.4 Å². The largest absolute Gasteiger partial charge is 0.489 e. The number of aromatic nitrogens is 2. The van der Waals surface area contributed by atoms with Gasteiger partial charge in [0.15, 0.2) is 0 Å². The van der Waals surface area contributed by atoms with Crippen LogP contribution in [0.4, 0.5) is 0 Å². The monoisotopic (exact) mass is 365 g/mol. The van der Waals surface area contributed by atoms with Crippen molar-refractivity contribution in [2.24, 2.45) is 5.14 Å². The van der Waals surface area contributed by atoms with E-state index in [0.29, 0.717) is 16.3 Å². The fraction of sp³-hybridized carbons (Fsp3) is 0.0667. The lowest BCUT2D eigenvalue weighted by atomic mass is 10.1. The van der Waals surface area contributed by atoms with Gasteiger partial charge in [-0.1, -0.05) is 28.9 Å². The molecule has 2 N–H and O–H groups in total. The van der Waals surface area contributed by atoms with Gasteiger partial charge in [-0.05, 0) is 35.9 Å². The van der Waals surface area contributed by atoms with Gasteiger partial charge >= 0.3 is 0 Å². The van der Waals surface area contributed by atoms with Crippen molar-refractivity contribution in [1.29, 1.82) is 0 Å². The summed E-state index contributed by atoms with van der Waals surface area (Å²) in [6, 6.07) is 11.6. The van der Waals surface area contributed by atoms with Crippen LogP contribution < -0.4 is 9.88 Å². The number of benzene rings is 2. The van der Waals surface area contributed by atoms with Crippen molar-refractivity contribution in [3.8, 4) is 17.1 Å². The van der Waals surface area contributed by atoms with E-state index < -0.39 is 10.0 Å². The van der Waals surface area contributed by atoms with Crippen molar-refractivity contribution >= 4 is 21.6 Å². The number of nitrogens with zero attached hydrogens (tertiary/aromatic N) is 2. The summed E-state index contributed by atoms with van der Waals surface area (Å²) in [4.78, 5) is 3.75. The number of primary sulfonamides is 1. The summed E-state index contributed by atoms with van der Waals surface area (Å²) in [6.07, 6.45) is 1.11. The lowest BCUT2D eigenvalue weighted by molar-refractivity contribution is 0.306. The van der Waals surface area contributed by atoms with Gasteiger partial charge in [-0.15, -0.1) is 0 Å². The fourth-order valence-electron chi connectivity index (χ4n) is 2.09. The normalized spacial score (nSPS) is 11.4. The van der Waals surface area contributed by atoms with Gasteiger partial charge in [0.05, 0.1) is 4.90 Å². The summed E-state index contributed by atoms with van der Waals surface area (Å²) in [5.74, 6) is 0.711. The molecule has 2 aromatic carbocycles. The Labute approximate surface area is 143 Å². The molecule has 0 saturated heterocycles. The summed E-state index contributed by atoms with van der Waals surface area (Å²) in [5.41, 5.74) is 0.879. The topological polar surface area (TPSA) is 108 Å². The Kier molecular flexibility index (Phi) is 4.52. The van der Waals surface area contributed by atoms with Crippen LogP contribution in [0.15, 0.2) is 58.3 Å². The van der Waals surface area contributed by atoms with E-state index >= 15 is 0 Å². The molecular weight excluding hydrogens is 354 g/mol. The number of hydrogen-bond donors (Lipinski definition) is 1. The molecule has 9 heteroatoms. The highest BCUT2D eigenvalue weighted by Crippen LogP contribution is 2.26. The molecule has 0 aliphatic carbocycles. The second-order valence-electron chi connectivity index (χ2n) is 4.88. The highest BCUT2D eigenvalue weighted by molar-refractivity contribution is 7.89. The summed E-state index contributed by atoms with van der Waals surface area (Å²) >= 11 is 5.89. The van der Waals surface area contributed by atoms with Crippen molar-refractivity contribution in [2.75, 3.05) is 0 Å². The molecule has 0 spiro atoms. The molecule has 24 heavy (non-hydrogen) atoms. The minimum absolute atomic E-state index is 0.101. The Hall–Kier alpha value is -2.42. The summed E-state index contributed by atoms with van der Waals surface area (Å²) in [7, 11) is -3.97. The Morgan fingerprint density at radius 1 is 1.21 bits per heavy atom. The molecule has 1 aromatic heterocycles. The Morgan fingerprint density at radius 3 is 2.71 bits per heavy atom. The van der Waals surface area contributed by atoms with Gasteiger partial charge in [-0.25, -0.2) is 13.6 Å². The van der Waals surface area contributed by atoms with Crippen LogP contribution in [0.5, 0.6) is 5.75 Å². The highest BCUT2D eigenvalue weighted by Gasteiger charge is 2.19. The highest BCUT2D eigenvalue weighted by atomic mass is 35.5. The first-order valence-electron chi connectivity index (χ1n) is 6.74. The van der Waals surface area contributed by atoms with Gasteiger partial charge < -0.3 is 9.26 Å². The fourth-order valence-corrected chi connectivity index (χ4v) is 3.05. The zero-order valence-corrected chi connectivity index (χ0v) is 13.8. The van der Waals surface area contributed by atoms with E-state index in [1.54, 1.807) is 36.4 Å². The maximum atomic E-state index is 11.9. The molecule has 3 rings (SSSR count). The van der Waals surface area contributed by atoms with E-state index in [4.69, 9.17) is 21.5 Å². The van der Waals surface area contributed by atoms with Gasteiger partial charge in [0.1, 0.15) is 12.4 Å². The molecule has 1 heterocycles. The maximum Gasteiger partial charge on any atom is 0.238 e. The Balaban J connectivity index is 1.90. The van der Waals surface area contributed by atoms with Crippen molar-refractivity contribution < 1.29 is 17.7 Å². The molecule has 0 aliphatic heterocycles. The van der Waals surface area contributed by atoms with Gasteiger partial charge in [0.2, 0.25) is 22.2 Å². The molecule has 0 saturated carbocycles. The minimum Gasteiger partial charge on any atom is -0.489 e. The zero-order chi connectivity index (χ0) is 17.2. The molecule has 3 aromatic rings. The van der Waals surface area contributed by atoms with E-state index in [9.17, 15) is 8.42 Å². The molecular formula is C15H12ClN3O4S. The first-order valence-corrected chi connectivity index (χ1v) is 8.67. The standard InChI is InChI=1S/C15H12ClN3O4S/c16-11-2-1-3-12(7-11)22-8-10-4-5-13(15-18-9-23-19-15)14(6-10)24(17,20)21/h1-7,9H,8H2,(H2,17,20,21). The zero-order valence-electron chi connectivity index (χ0n) is 12.2. The maximum absolute atomic E-state index is 11.9. The summed E-state index contributed by atoms with van der Waals surface area (Å²) in [5, 5.41) is 9.48. The molecule has 0 amide bonds. The molecule has 0 fully saturated rings. The number of halogens is 1. The van der Waals surface area contributed by atoms with E-state index in [2.05, 4.69) is 14.7 Å². The molecule has 0 unspecified atom stereocenters. The lowest BCUT2D eigenvalue weighted by Crippen LogP contribution is -2.14. The lowest BCUT2D eigenvalue weighted by Gasteiger charge is -2.10. The summed E-state index contributed by atoms with van der Waals surface area (Å²) in [6.45, 7) is 0.148. The van der Waals surface area contributed by atoms with Crippen LogP contribution in [-0.2, 0) is 16.6 Å². The SMILES string of the molecule is NS(=O)(=O)c1cc(COc2cccc(Cl)c2)ccc1-c1ncon1. The third-order valence-corrected chi connectivity index (χ3v) is 4.34. The Morgan fingerprint density at radius 2 is 2.04 bits per heavy atom. The van der Waals surface area contributed by atoms with Gasteiger partial charge in [0.25, 0.3) is 0 Å². The van der Waals surface area contributed by atoms with Crippen LogP contribution in [0.1, 0.15) is 5.56 Å². The third kappa shape index (κ3) is 3.73. The van der Waals surface area contributed by atoms with E-state index in [0.717, 1.165) is 6.39 Å². The number of sulfonamides is 1. The minimum atomic E-state index is -3.97. The molecule has 0 aliphatic rings. The van der Waals surface area contributed by atoms with Crippen LogP contribution in [-0.4, -0.2) is 18.6 Å². The average Bonchev–Trinajstić information content (AvgIpc) is 3.06. The van der Waals surface area contributed by atoms with Crippen molar-refractivity contribution in [2.45, 2.75) is 11.5 Å². The van der Waals surface area contributed by atoms with E-state index in [-0.39, 0.29) is 22.9 Å². The van der Waals surface area contributed by atoms with Crippen LogP contribution in [0.25, 0.3) is 11.4 Å². The molecule has 0 bridgehead atoms. The summed E-state index contributed by atoms with van der Waals surface area (Å²) < 4.78 is 34.0. The van der Waals surface area contributed by atoms with E-state index in [1.165, 1.54) is 6.07 Å². The predicted molar refractivity (Wildman–Crippen MR) is 86.9 cm³/mol. The third-order valence-electron chi connectivity index (χ3n) is 3.16. The van der Waals surface area contributed by atoms with Crippen LogP contribution in [0.3, 0.4) is 0 Å². The second-order valence-corrected chi connectivity index (χ2v) is 6.84. The number of hydrogen-bond acceptors (Lipinski definition) is 6. The van der Waals surface area contributed by atoms with Gasteiger partial charge in [-0.2, -0.15) is 4.98 Å². The smallest absolute Gasteiger partial charge is 0.238 e.